The smallest absolute Gasteiger partial charge is 0.343 e. The minimum Gasteiger partial charge on any atom is -0.508 e. The van der Waals surface area contributed by atoms with Gasteiger partial charge in [0.2, 0.25) is 23.6 Å². The molecule has 0 bridgehead atoms. The number of piperidine rings is 1. The number of ether oxygens (including phenoxy) is 2. The van der Waals surface area contributed by atoms with Crippen LogP contribution in [0.25, 0.3) is 22.3 Å². The summed E-state index contributed by atoms with van der Waals surface area (Å²) in [6, 6.07) is 5.80. The molecule has 4 aliphatic heterocycles. The van der Waals surface area contributed by atoms with E-state index in [0.29, 0.717) is 74.4 Å². The molecule has 2 aromatic heterocycles. The Morgan fingerprint density at radius 2 is 1.65 bits per heavy atom. The van der Waals surface area contributed by atoms with Gasteiger partial charge in [-0.1, -0.05) is 6.92 Å². The number of benzene rings is 1. The minimum atomic E-state index is -1.93. The largest absolute Gasteiger partial charge is 0.508 e. The summed E-state index contributed by atoms with van der Waals surface area (Å²) in [6.07, 6.45) is 4.81. The summed E-state index contributed by atoms with van der Waals surface area (Å²) in [5, 5.41) is 34.7. The fourth-order valence-corrected chi connectivity index (χ4v) is 9.58. The summed E-state index contributed by atoms with van der Waals surface area (Å²) < 4.78 is 12.6. The molecule has 6 N–H and O–H groups in total. The van der Waals surface area contributed by atoms with E-state index in [1.807, 2.05) is 40.7 Å². The minimum absolute atomic E-state index is 0.00886. The third-order valence-corrected chi connectivity index (χ3v) is 13.7. The zero-order valence-corrected chi connectivity index (χ0v) is 42.1. The summed E-state index contributed by atoms with van der Waals surface area (Å²) in [4.78, 5) is 111. The third-order valence-electron chi connectivity index (χ3n) is 13.7. The van der Waals surface area contributed by atoms with Crippen molar-refractivity contribution in [2.24, 2.45) is 0 Å². The highest BCUT2D eigenvalue weighted by atomic mass is 16.6. The molecule has 0 aliphatic carbocycles. The van der Waals surface area contributed by atoms with E-state index in [1.54, 1.807) is 29.7 Å². The van der Waals surface area contributed by atoms with Crippen molar-refractivity contribution in [3.05, 3.63) is 69.0 Å². The maximum atomic E-state index is 13.7. The van der Waals surface area contributed by atoms with Crippen molar-refractivity contribution in [3.8, 4) is 17.1 Å². The summed E-state index contributed by atoms with van der Waals surface area (Å²) in [7, 11) is 0. The molecular weight excluding hydrogens is 929 g/mol. The van der Waals surface area contributed by atoms with Crippen molar-refractivity contribution >= 4 is 52.3 Å². The topological polar surface area (TPSA) is 268 Å². The number of amides is 6. The first-order chi connectivity index (χ1) is 34.1. The molecule has 6 amide bonds. The number of phenols is 1. The Morgan fingerprint density at radius 1 is 0.944 bits per heavy atom. The van der Waals surface area contributed by atoms with Gasteiger partial charge in [-0.3, -0.25) is 43.4 Å². The monoisotopic (exact) mass is 996 g/mol. The van der Waals surface area contributed by atoms with E-state index in [-0.39, 0.29) is 111 Å². The number of hydrogen-bond donors (Lipinski definition) is 6. The number of nitrogens with zero attached hydrogens (tertiary/aromatic N) is 4. The molecule has 20 nitrogen and oxygen atoms in total. The Balaban J connectivity index is 0.881. The van der Waals surface area contributed by atoms with Gasteiger partial charge in [-0.2, -0.15) is 0 Å². The molecule has 20 heteroatoms. The highest BCUT2D eigenvalue weighted by Crippen LogP contribution is 2.40. The average Bonchev–Trinajstić information content (AvgIpc) is 3.85. The van der Waals surface area contributed by atoms with E-state index < -0.39 is 46.8 Å². The standard InChI is InChI=1S/C52H68N8O12/c1-7-52(70)36-27-39-46-31(28-60(39)48(68)35(36)30-71-49(52)69)26-33-34(40(61)14-12-37(33)56-46)29-58-23-18-32(19-24-58)54-41(62)10-8-21-53-47(67)38(55-42(63)11-9-22-59-44(65)16-17-45(59)66)13-15-43(64)57-51(5,6)20-25-72-50(2,3)4/h12,14,16-17,26-27,32,38,61,70H,7-11,13,15,18-25,28-30H2,1-6H3,(H,53,67)(H,54,62)(H,55,63)(H,57,64)/t38-,52-/m0/s1. The van der Waals surface area contributed by atoms with Crippen molar-refractivity contribution in [3.63, 3.8) is 0 Å². The third kappa shape index (κ3) is 12.6. The number of aromatic hydroxyl groups is 1. The molecule has 0 spiro atoms. The van der Waals surface area contributed by atoms with Gasteiger partial charge in [0, 0.05) is 104 Å². The number of aliphatic hydroxyl groups is 1. The SMILES string of the molecule is CC[C@@]1(O)C(=O)OCc2c1cc1n(c2=O)Cc2cc3c(CN4CCC(NC(=O)CCCNC(=O)[C@H](CCC(=O)NC(C)(C)CCOC(C)(C)C)NC(=O)CCCN5C(=O)C=CC5=O)CC4)c(O)ccc3nc2-1. The van der Waals surface area contributed by atoms with Crippen molar-refractivity contribution in [1.82, 2.24) is 40.6 Å². The predicted molar refractivity (Wildman–Crippen MR) is 264 cm³/mol. The van der Waals surface area contributed by atoms with Crippen LogP contribution < -0.4 is 26.8 Å². The number of cyclic esters (lactones) is 1. The average molecular weight is 997 g/mol. The van der Waals surface area contributed by atoms with Gasteiger partial charge in [-0.15, -0.1) is 0 Å². The van der Waals surface area contributed by atoms with E-state index in [0.717, 1.165) is 15.8 Å². The fraction of sp³-hybridized carbons (Fsp3) is 0.558. The maximum Gasteiger partial charge on any atom is 0.343 e. The first kappa shape index (κ1) is 53.3. The van der Waals surface area contributed by atoms with Crippen molar-refractivity contribution in [1.29, 1.82) is 0 Å². The summed E-state index contributed by atoms with van der Waals surface area (Å²) >= 11 is 0. The van der Waals surface area contributed by atoms with Crippen molar-refractivity contribution in [2.75, 3.05) is 32.8 Å². The zero-order chi connectivity index (χ0) is 52.1. The molecule has 2 atom stereocenters. The van der Waals surface area contributed by atoms with Crippen molar-refractivity contribution < 1.29 is 53.2 Å². The molecule has 4 aliphatic rings. The Hall–Kier alpha value is -6.51. The fourth-order valence-electron chi connectivity index (χ4n) is 9.58. The van der Waals surface area contributed by atoms with Gasteiger partial charge in [-0.25, -0.2) is 9.78 Å². The zero-order valence-electron chi connectivity index (χ0n) is 42.1. The van der Waals surface area contributed by atoms with Gasteiger partial charge < -0.3 is 45.5 Å². The summed E-state index contributed by atoms with van der Waals surface area (Å²) in [5.41, 5.74) is 0.426. The highest BCUT2D eigenvalue weighted by Gasteiger charge is 2.45. The van der Waals surface area contributed by atoms with Crippen LogP contribution in [0.1, 0.15) is 128 Å². The molecule has 388 valence electrons. The number of likely N-dealkylation sites (tertiary alicyclic amines) is 1. The molecule has 0 radical (unpaired) electrons. The second kappa shape index (κ2) is 22.1. The van der Waals surface area contributed by atoms with Gasteiger partial charge in [0.15, 0.2) is 5.60 Å². The lowest BCUT2D eigenvalue weighted by atomic mass is 9.86. The number of aromatic nitrogens is 2. The van der Waals surface area contributed by atoms with Crippen LogP contribution in [0.3, 0.4) is 0 Å². The highest BCUT2D eigenvalue weighted by molar-refractivity contribution is 6.12. The molecule has 0 saturated carbocycles. The first-order valence-corrected chi connectivity index (χ1v) is 24.9. The van der Waals surface area contributed by atoms with E-state index in [9.17, 15) is 48.6 Å². The predicted octanol–water partition coefficient (Wildman–Crippen LogP) is 2.83. The number of hydrogen-bond acceptors (Lipinski definition) is 14. The molecule has 1 aromatic carbocycles. The van der Waals surface area contributed by atoms with E-state index >= 15 is 0 Å². The number of carbonyl (C=O) groups is 7. The number of carbonyl (C=O) groups excluding carboxylic acids is 7. The molecule has 0 unspecified atom stereocenters. The Bertz CT molecular complexity index is 2700. The van der Waals surface area contributed by atoms with Gasteiger partial charge in [0.1, 0.15) is 18.4 Å². The van der Waals surface area contributed by atoms with Crippen LogP contribution in [0, 0.1) is 0 Å². The van der Waals surface area contributed by atoms with Crippen LogP contribution >= 0.6 is 0 Å². The van der Waals surface area contributed by atoms with E-state index in [1.165, 1.54) is 12.2 Å². The Morgan fingerprint density at radius 3 is 2.35 bits per heavy atom. The number of rotatable bonds is 21. The lowest BCUT2D eigenvalue weighted by Crippen LogP contribution is -2.49. The van der Waals surface area contributed by atoms with Crippen LogP contribution in [0.15, 0.2) is 41.2 Å². The molecule has 1 saturated heterocycles. The van der Waals surface area contributed by atoms with Gasteiger partial charge in [0.25, 0.3) is 17.4 Å². The molecule has 7 rings (SSSR count). The van der Waals surface area contributed by atoms with Gasteiger partial charge >= 0.3 is 5.97 Å². The number of imide groups is 1. The molecular formula is C52H68N8O12. The lowest BCUT2D eigenvalue weighted by molar-refractivity contribution is -0.172. The lowest BCUT2D eigenvalue weighted by Gasteiger charge is -2.32. The Kier molecular flexibility index (Phi) is 16.3. The van der Waals surface area contributed by atoms with Crippen LogP contribution in [0.2, 0.25) is 0 Å². The second-order valence-electron chi connectivity index (χ2n) is 20.8. The summed E-state index contributed by atoms with van der Waals surface area (Å²) in [5.74, 6) is -3.03. The normalized spacial score (nSPS) is 18.4. The molecule has 6 heterocycles. The second-order valence-corrected chi connectivity index (χ2v) is 20.8. The number of fused-ring (bicyclic) bond motifs is 5. The maximum absolute atomic E-state index is 13.7. The number of esters is 1. The number of pyridine rings is 2. The van der Waals surface area contributed by atoms with E-state index in [2.05, 4.69) is 26.2 Å². The number of phenolic OH excluding ortho intramolecular Hbond substituents is 1. The molecule has 3 aromatic rings. The van der Waals surface area contributed by atoms with Crippen LogP contribution in [0.4, 0.5) is 0 Å². The quantitative estimate of drug-likeness (QED) is 0.0399. The van der Waals surface area contributed by atoms with Gasteiger partial charge in [0.05, 0.1) is 34.6 Å². The first-order valence-electron chi connectivity index (χ1n) is 24.9. The van der Waals surface area contributed by atoms with Crippen LogP contribution in [0.5, 0.6) is 5.75 Å². The van der Waals surface area contributed by atoms with Crippen LogP contribution in [-0.4, -0.2) is 127 Å². The molecule has 72 heavy (non-hydrogen) atoms. The Labute approximate surface area is 418 Å². The van der Waals surface area contributed by atoms with Crippen molar-refractivity contribution in [2.45, 2.75) is 154 Å². The van der Waals surface area contributed by atoms with E-state index in [4.69, 9.17) is 14.5 Å². The van der Waals surface area contributed by atoms with Gasteiger partial charge in [-0.05, 0) is 104 Å². The van der Waals surface area contributed by atoms with Crippen LogP contribution in [-0.2, 0) is 68.3 Å². The number of nitrogens with one attached hydrogen (secondary N) is 4. The molecule has 1 fully saturated rings. The summed E-state index contributed by atoms with van der Waals surface area (Å²) in [6.45, 7) is 13.6.